The van der Waals surface area contributed by atoms with Crippen LogP contribution in [0.25, 0.3) is 0 Å². The zero-order valence-corrected chi connectivity index (χ0v) is 19.6. The Bertz CT molecular complexity index is 459. The molecule has 0 spiro atoms. The Kier molecular flexibility index (Phi) is 14.8. The van der Waals surface area contributed by atoms with Crippen LogP contribution >= 0.6 is 24.0 Å². The largest absolute Gasteiger partial charge is 0.357 e. The van der Waals surface area contributed by atoms with Gasteiger partial charge in [0.1, 0.15) is 0 Å². The Labute approximate surface area is 177 Å². The van der Waals surface area contributed by atoms with E-state index < -0.39 is 0 Å². The molecule has 0 aliphatic heterocycles. The van der Waals surface area contributed by atoms with Gasteiger partial charge >= 0.3 is 0 Å². The molecule has 1 heterocycles. The Hall–Kier alpha value is -0.830. The molecule has 0 saturated heterocycles. The molecule has 0 aliphatic carbocycles. The molecule has 26 heavy (non-hydrogen) atoms. The highest BCUT2D eigenvalue weighted by Gasteiger charge is 2.08. The average molecular weight is 478 g/mol. The van der Waals surface area contributed by atoms with Gasteiger partial charge in [-0.15, -0.1) is 24.0 Å². The zero-order chi connectivity index (χ0) is 18.5. The maximum Gasteiger partial charge on any atom is 0.191 e. The lowest BCUT2D eigenvalue weighted by Gasteiger charge is -2.21. The first-order valence-electron chi connectivity index (χ1n) is 9.83. The molecule has 0 bridgehead atoms. The number of aliphatic imine (C=N–C) groups is 1. The third-order valence-electron chi connectivity index (χ3n) is 4.35. The predicted octanol–water partition coefficient (Wildman–Crippen LogP) is 3.20. The average Bonchev–Trinajstić information content (AvgIpc) is 3.09. The molecule has 0 fully saturated rings. The van der Waals surface area contributed by atoms with Crippen LogP contribution in [-0.2, 0) is 6.54 Å². The molecule has 1 aromatic heterocycles. The number of nitrogens with zero attached hydrogens (tertiary/aromatic N) is 4. The lowest BCUT2D eigenvalue weighted by atomic mass is 10.1. The van der Waals surface area contributed by atoms with Crippen LogP contribution in [0, 0.1) is 5.92 Å². The quantitative estimate of drug-likeness (QED) is 0.275. The lowest BCUT2D eigenvalue weighted by Crippen LogP contribution is -2.42. The summed E-state index contributed by atoms with van der Waals surface area (Å²) in [6.45, 7) is 17.0. The van der Waals surface area contributed by atoms with Crippen LogP contribution in [0.15, 0.2) is 23.5 Å². The van der Waals surface area contributed by atoms with Gasteiger partial charge in [-0.25, -0.2) is 0 Å². The fraction of sp³-hybridized carbons (Fsp3) is 0.789. The second-order valence-electron chi connectivity index (χ2n) is 6.77. The number of halogens is 1. The Morgan fingerprint density at radius 1 is 1.23 bits per heavy atom. The van der Waals surface area contributed by atoms with Crippen molar-refractivity contribution >= 4 is 29.9 Å². The second kappa shape index (κ2) is 15.2. The minimum Gasteiger partial charge on any atom is -0.357 e. The first-order chi connectivity index (χ1) is 12.1. The zero-order valence-electron chi connectivity index (χ0n) is 17.2. The first-order valence-corrected chi connectivity index (χ1v) is 9.83. The van der Waals surface area contributed by atoms with Gasteiger partial charge in [0, 0.05) is 38.1 Å². The molecule has 0 aromatic carbocycles. The number of guanidine groups is 1. The summed E-state index contributed by atoms with van der Waals surface area (Å²) >= 11 is 0. The molecule has 0 saturated carbocycles. The van der Waals surface area contributed by atoms with E-state index in [0.717, 1.165) is 45.1 Å². The monoisotopic (exact) mass is 478 g/mol. The molecule has 1 aromatic rings. The molecule has 1 rings (SSSR count). The van der Waals surface area contributed by atoms with Crippen molar-refractivity contribution in [3.63, 3.8) is 0 Å². The van der Waals surface area contributed by atoms with Gasteiger partial charge in [0.05, 0.1) is 0 Å². The van der Waals surface area contributed by atoms with E-state index in [4.69, 9.17) is 4.99 Å². The molecule has 2 atom stereocenters. The Morgan fingerprint density at radius 2 is 1.96 bits per heavy atom. The summed E-state index contributed by atoms with van der Waals surface area (Å²) in [5, 5.41) is 11.2. The lowest BCUT2D eigenvalue weighted by molar-refractivity contribution is 0.292. The van der Waals surface area contributed by atoms with E-state index >= 15 is 0 Å². The number of hydrogen-bond acceptors (Lipinski definition) is 3. The fourth-order valence-corrected chi connectivity index (χ4v) is 2.82. The van der Waals surface area contributed by atoms with E-state index in [2.05, 4.69) is 55.3 Å². The molecule has 7 heteroatoms. The van der Waals surface area contributed by atoms with Gasteiger partial charge in [0.2, 0.25) is 0 Å². The summed E-state index contributed by atoms with van der Waals surface area (Å²) in [4.78, 5) is 7.23. The maximum absolute atomic E-state index is 4.75. The van der Waals surface area contributed by atoms with Gasteiger partial charge in [-0.2, -0.15) is 5.10 Å². The molecule has 2 unspecified atom stereocenters. The SMILES string of the molecule is CCNC(=NCC(C)Cn1cccn1)NC(C)CCCN(CC)CC.I. The summed E-state index contributed by atoms with van der Waals surface area (Å²) in [6.07, 6.45) is 6.19. The molecular formula is C19H39IN6. The summed E-state index contributed by atoms with van der Waals surface area (Å²) in [6, 6.07) is 2.39. The second-order valence-corrected chi connectivity index (χ2v) is 6.77. The minimum atomic E-state index is 0. The number of rotatable bonds is 12. The van der Waals surface area contributed by atoms with Crippen molar-refractivity contribution in [2.24, 2.45) is 10.9 Å². The summed E-state index contributed by atoms with van der Waals surface area (Å²) < 4.78 is 1.97. The number of hydrogen-bond donors (Lipinski definition) is 2. The Morgan fingerprint density at radius 3 is 2.54 bits per heavy atom. The normalized spacial score (nSPS) is 14.0. The molecule has 0 amide bonds. The topological polar surface area (TPSA) is 57.5 Å². The fourth-order valence-electron chi connectivity index (χ4n) is 2.82. The van der Waals surface area contributed by atoms with Crippen LogP contribution in [0.2, 0.25) is 0 Å². The van der Waals surface area contributed by atoms with Crippen LogP contribution in [0.1, 0.15) is 47.5 Å². The van der Waals surface area contributed by atoms with E-state index in [1.54, 1.807) is 0 Å². The molecular weight excluding hydrogens is 439 g/mol. The van der Waals surface area contributed by atoms with E-state index in [9.17, 15) is 0 Å². The smallest absolute Gasteiger partial charge is 0.191 e. The molecule has 6 nitrogen and oxygen atoms in total. The third kappa shape index (κ3) is 11.0. The summed E-state index contributed by atoms with van der Waals surface area (Å²) in [5.41, 5.74) is 0. The van der Waals surface area contributed by atoms with E-state index in [-0.39, 0.29) is 24.0 Å². The Balaban J connectivity index is 0.00000625. The van der Waals surface area contributed by atoms with Gasteiger partial charge < -0.3 is 15.5 Å². The summed E-state index contributed by atoms with van der Waals surface area (Å²) in [7, 11) is 0. The highest BCUT2D eigenvalue weighted by molar-refractivity contribution is 14.0. The van der Waals surface area contributed by atoms with Crippen LogP contribution in [0.4, 0.5) is 0 Å². The van der Waals surface area contributed by atoms with Crippen molar-refractivity contribution in [1.82, 2.24) is 25.3 Å². The maximum atomic E-state index is 4.75. The highest BCUT2D eigenvalue weighted by atomic mass is 127. The van der Waals surface area contributed by atoms with E-state index in [1.165, 1.54) is 13.0 Å². The predicted molar refractivity (Wildman–Crippen MR) is 122 cm³/mol. The van der Waals surface area contributed by atoms with Gasteiger partial charge in [-0.05, 0) is 58.3 Å². The van der Waals surface area contributed by atoms with Gasteiger partial charge in [0.25, 0.3) is 0 Å². The third-order valence-corrected chi connectivity index (χ3v) is 4.35. The van der Waals surface area contributed by atoms with E-state index in [1.807, 2.05) is 23.1 Å². The van der Waals surface area contributed by atoms with Crippen molar-refractivity contribution in [3.8, 4) is 0 Å². The number of nitrogens with one attached hydrogen (secondary N) is 2. The molecule has 2 N–H and O–H groups in total. The van der Waals surface area contributed by atoms with Crippen LogP contribution in [0.3, 0.4) is 0 Å². The van der Waals surface area contributed by atoms with Gasteiger partial charge in [-0.3, -0.25) is 9.67 Å². The van der Waals surface area contributed by atoms with Crippen molar-refractivity contribution in [1.29, 1.82) is 0 Å². The number of aromatic nitrogens is 2. The van der Waals surface area contributed by atoms with Crippen LogP contribution < -0.4 is 10.6 Å². The van der Waals surface area contributed by atoms with Gasteiger partial charge in [-0.1, -0.05) is 20.8 Å². The molecule has 0 aliphatic rings. The molecule has 152 valence electrons. The first kappa shape index (κ1) is 25.2. The van der Waals surface area contributed by atoms with Gasteiger partial charge in [0.15, 0.2) is 5.96 Å². The van der Waals surface area contributed by atoms with Crippen molar-refractivity contribution < 1.29 is 0 Å². The van der Waals surface area contributed by atoms with Crippen LogP contribution in [0.5, 0.6) is 0 Å². The highest BCUT2D eigenvalue weighted by Crippen LogP contribution is 2.02. The van der Waals surface area contributed by atoms with Crippen LogP contribution in [-0.4, -0.2) is 59.4 Å². The molecule has 0 radical (unpaired) electrons. The van der Waals surface area contributed by atoms with Crippen molar-refractivity contribution in [2.45, 2.75) is 60.0 Å². The minimum absolute atomic E-state index is 0. The summed E-state index contributed by atoms with van der Waals surface area (Å²) in [5.74, 6) is 1.37. The van der Waals surface area contributed by atoms with Crippen molar-refractivity contribution in [3.05, 3.63) is 18.5 Å². The standard InChI is InChI=1S/C19H38N6.HI/c1-6-20-19(21-15-17(4)16-25-14-10-12-22-25)23-18(5)11-9-13-24(7-2)8-3;/h10,12,14,17-18H,6-9,11,13,15-16H2,1-5H3,(H2,20,21,23);1H. The van der Waals surface area contributed by atoms with Crippen molar-refractivity contribution in [2.75, 3.05) is 32.7 Å². The van der Waals surface area contributed by atoms with E-state index in [0.29, 0.717) is 12.0 Å².